The summed E-state index contributed by atoms with van der Waals surface area (Å²) in [5.74, 6) is 0.983. The van der Waals surface area contributed by atoms with Gasteiger partial charge in [-0.3, -0.25) is 4.79 Å². The number of ether oxygens (including phenoxy) is 1. The molecule has 4 nitrogen and oxygen atoms in total. The molecule has 1 aromatic heterocycles. The third-order valence-electron chi connectivity index (χ3n) is 7.21. The van der Waals surface area contributed by atoms with Gasteiger partial charge < -0.3 is 14.2 Å². The molecule has 1 fully saturated rings. The maximum atomic E-state index is 14.0. The van der Waals surface area contributed by atoms with Gasteiger partial charge in [0.15, 0.2) is 5.78 Å². The SMILES string of the molecule is Cc1c(C(=O)c2cccc3ccccc23)c2cccc3c2n1C(CN1CCCCC1)CO3. The van der Waals surface area contributed by atoms with Crippen LogP contribution in [-0.2, 0) is 0 Å². The number of carbonyl (C=O) groups is 1. The summed E-state index contributed by atoms with van der Waals surface area (Å²) in [7, 11) is 0. The van der Waals surface area contributed by atoms with E-state index in [0.717, 1.165) is 63.9 Å². The van der Waals surface area contributed by atoms with Gasteiger partial charge in [0, 0.05) is 23.2 Å². The van der Waals surface area contributed by atoms with E-state index >= 15 is 0 Å². The molecule has 0 saturated carbocycles. The second kappa shape index (κ2) is 7.79. The molecule has 0 spiro atoms. The van der Waals surface area contributed by atoms with E-state index in [4.69, 9.17) is 4.74 Å². The number of nitrogens with zero attached hydrogens (tertiary/aromatic N) is 2. The summed E-state index contributed by atoms with van der Waals surface area (Å²) in [6, 6.07) is 20.5. The zero-order valence-corrected chi connectivity index (χ0v) is 18.5. The van der Waals surface area contributed by atoms with Crippen molar-refractivity contribution in [3.8, 4) is 5.75 Å². The molecule has 32 heavy (non-hydrogen) atoms. The molecule has 1 saturated heterocycles. The summed E-state index contributed by atoms with van der Waals surface area (Å²) in [5, 5.41) is 3.10. The number of carbonyl (C=O) groups excluding carboxylic acids is 1. The molecule has 3 aromatic carbocycles. The molecule has 0 bridgehead atoms. The third kappa shape index (κ3) is 3.05. The maximum absolute atomic E-state index is 14.0. The predicted molar refractivity (Wildman–Crippen MR) is 129 cm³/mol. The fourth-order valence-electron chi connectivity index (χ4n) is 5.71. The summed E-state index contributed by atoms with van der Waals surface area (Å²) in [5.41, 5.74) is 3.70. The summed E-state index contributed by atoms with van der Waals surface area (Å²) in [6.07, 6.45) is 3.88. The van der Waals surface area contributed by atoms with Crippen molar-refractivity contribution in [2.24, 2.45) is 0 Å². The van der Waals surface area contributed by atoms with Gasteiger partial charge in [0.25, 0.3) is 0 Å². The molecule has 0 N–H and O–H groups in total. The van der Waals surface area contributed by atoms with Gasteiger partial charge in [-0.1, -0.05) is 61.0 Å². The average molecular weight is 425 g/mol. The Kier molecular flexibility index (Phi) is 4.76. The zero-order valence-electron chi connectivity index (χ0n) is 18.5. The number of fused-ring (bicyclic) bond motifs is 1. The van der Waals surface area contributed by atoms with E-state index in [1.54, 1.807) is 0 Å². The molecule has 2 aliphatic heterocycles. The Bertz CT molecular complexity index is 1330. The summed E-state index contributed by atoms with van der Waals surface area (Å²) in [6.45, 7) is 6.05. The van der Waals surface area contributed by atoms with Gasteiger partial charge in [-0.2, -0.15) is 0 Å². The van der Waals surface area contributed by atoms with Crippen molar-refractivity contribution < 1.29 is 9.53 Å². The molecule has 0 radical (unpaired) electrons. The van der Waals surface area contributed by atoms with Crippen LogP contribution in [0, 0.1) is 6.92 Å². The van der Waals surface area contributed by atoms with Gasteiger partial charge in [0.05, 0.1) is 17.1 Å². The van der Waals surface area contributed by atoms with Crippen molar-refractivity contribution in [2.75, 3.05) is 26.2 Å². The smallest absolute Gasteiger partial charge is 0.196 e. The topological polar surface area (TPSA) is 34.5 Å². The van der Waals surface area contributed by atoms with Crippen LogP contribution in [0.3, 0.4) is 0 Å². The summed E-state index contributed by atoms with van der Waals surface area (Å²) < 4.78 is 8.60. The van der Waals surface area contributed by atoms with Gasteiger partial charge in [-0.25, -0.2) is 0 Å². The highest BCUT2D eigenvalue weighted by Gasteiger charge is 2.31. The number of para-hydroxylation sites is 1. The number of likely N-dealkylation sites (tertiary alicyclic amines) is 1. The summed E-state index contributed by atoms with van der Waals surface area (Å²) >= 11 is 0. The van der Waals surface area contributed by atoms with E-state index in [2.05, 4.69) is 34.6 Å². The first-order valence-corrected chi connectivity index (χ1v) is 11.7. The Morgan fingerprint density at radius 3 is 2.56 bits per heavy atom. The van der Waals surface area contributed by atoms with Crippen molar-refractivity contribution >= 4 is 27.5 Å². The minimum Gasteiger partial charge on any atom is -0.489 e. The molecular weight excluding hydrogens is 396 g/mol. The molecule has 2 aliphatic rings. The fraction of sp³-hybridized carbons (Fsp3) is 0.321. The molecule has 3 heterocycles. The fourth-order valence-corrected chi connectivity index (χ4v) is 5.71. The van der Waals surface area contributed by atoms with E-state index in [1.807, 2.05) is 42.5 Å². The zero-order chi connectivity index (χ0) is 21.7. The first-order valence-electron chi connectivity index (χ1n) is 11.7. The quantitative estimate of drug-likeness (QED) is 0.391. The molecular formula is C28H28N2O2. The number of piperidine rings is 1. The Morgan fingerprint density at radius 1 is 0.938 bits per heavy atom. The Labute approximate surface area is 188 Å². The first-order chi connectivity index (χ1) is 15.7. The molecule has 6 rings (SSSR count). The highest BCUT2D eigenvalue weighted by molar-refractivity contribution is 6.22. The Balaban J connectivity index is 1.50. The molecule has 0 aliphatic carbocycles. The minimum absolute atomic E-state index is 0.0961. The van der Waals surface area contributed by atoms with Crippen LogP contribution in [0.25, 0.3) is 21.7 Å². The van der Waals surface area contributed by atoms with Crippen molar-refractivity contribution in [3.05, 3.63) is 77.5 Å². The minimum atomic E-state index is 0.0961. The van der Waals surface area contributed by atoms with Crippen LogP contribution < -0.4 is 4.74 Å². The third-order valence-corrected chi connectivity index (χ3v) is 7.21. The van der Waals surface area contributed by atoms with Gasteiger partial charge in [-0.15, -0.1) is 0 Å². The van der Waals surface area contributed by atoms with E-state index in [9.17, 15) is 4.79 Å². The van der Waals surface area contributed by atoms with E-state index in [0.29, 0.717) is 6.61 Å². The van der Waals surface area contributed by atoms with Crippen molar-refractivity contribution in [1.29, 1.82) is 0 Å². The average Bonchev–Trinajstić information content (AvgIpc) is 3.14. The lowest BCUT2D eigenvalue weighted by Crippen LogP contribution is -2.38. The molecule has 0 amide bonds. The second-order valence-corrected chi connectivity index (χ2v) is 9.16. The van der Waals surface area contributed by atoms with Gasteiger partial charge in [0.2, 0.25) is 0 Å². The monoisotopic (exact) mass is 424 g/mol. The second-order valence-electron chi connectivity index (χ2n) is 9.16. The highest BCUT2D eigenvalue weighted by atomic mass is 16.5. The van der Waals surface area contributed by atoms with Crippen molar-refractivity contribution in [2.45, 2.75) is 32.2 Å². The molecule has 1 unspecified atom stereocenters. The van der Waals surface area contributed by atoms with Gasteiger partial charge >= 0.3 is 0 Å². The molecule has 4 heteroatoms. The number of hydrogen-bond donors (Lipinski definition) is 0. The first kappa shape index (κ1) is 19.6. The number of benzene rings is 3. The van der Waals surface area contributed by atoms with Crippen molar-refractivity contribution in [1.82, 2.24) is 9.47 Å². The number of hydrogen-bond acceptors (Lipinski definition) is 3. The molecule has 162 valence electrons. The van der Waals surface area contributed by atoms with Gasteiger partial charge in [0.1, 0.15) is 12.4 Å². The van der Waals surface area contributed by atoms with Crippen LogP contribution in [0.5, 0.6) is 5.75 Å². The number of rotatable bonds is 4. The lowest BCUT2D eigenvalue weighted by molar-refractivity contribution is 0.104. The standard InChI is InChI=1S/C28H28N2O2/c1-19-26(28(31)23-12-7-10-20-9-3-4-11-22(20)23)24-13-8-14-25-27(24)30(19)21(18-32-25)17-29-15-5-2-6-16-29/h3-4,7-14,21H,2,5-6,15-18H2,1H3. The van der Waals surface area contributed by atoms with Crippen LogP contribution in [-0.4, -0.2) is 41.5 Å². The van der Waals surface area contributed by atoms with Crippen LogP contribution in [0.15, 0.2) is 60.7 Å². The van der Waals surface area contributed by atoms with E-state index in [-0.39, 0.29) is 11.8 Å². The van der Waals surface area contributed by atoms with E-state index < -0.39 is 0 Å². The molecule has 4 aromatic rings. The van der Waals surface area contributed by atoms with Crippen molar-refractivity contribution in [3.63, 3.8) is 0 Å². The lowest BCUT2D eigenvalue weighted by atomic mass is 9.95. The Morgan fingerprint density at radius 2 is 1.69 bits per heavy atom. The number of aromatic nitrogens is 1. The van der Waals surface area contributed by atoms with Crippen LogP contribution in [0.1, 0.15) is 46.9 Å². The maximum Gasteiger partial charge on any atom is 0.196 e. The number of ketones is 1. The largest absolute Gasteiger partial charge is 0.489 e. The van der Waals surface area contributed by atoms with Crippen LogP contribution in [0.2, 0.25) is 0 Å². The van der Waals surface area contributed by atoms with Crippen LogP contribution in [0.4, 0.5) is 0 Å². The van der Waals surface area contributed by atoms with E-state index in [1.165, 1.54) is 19.3 Å². The normalized spacial score (nSPS) is 18.7. The molecule has 1 atom stereocenters. The summed E-state index contributed by atoms with van der Waals surface area (Å²) in [4.78, 5) is 16.5. The Hall–Kier alpha value is -3.11. The van der Waals surface area contributed by atoms with Crippen LogP contribution >= 0.6 is 0 Å². The predicted octanol–water partition coefficient (Wildman–Crippen LogP) is 5.75. The highest BCUT2D eigenvalue weighted by Crippen LogP contribution is 2.40. The van der Waals surface area contributed by atoms with Gasteiger partial charge in [-0.05, 0) is 49.7 Å². The lowest BCUT2D eigenvalue weighted by Gasteiger charge is -2.34.